The first-order valence-electron chi connectivity index (χ1n) is 10.7. The lowest BCUT2D eigenvalue weighted by Crippen LogP contribution is -2.25. The smallest absolute Gasteiger partial charge is 0.397 e. The minimum atomic E-state index is -0.958. The molecule has 2 amide bonds. The Kier molecular flexibility index (Phi) is 7.87. The summed E-state index contributed by atoms with van der Waals surface area (Å²) in [4.78, 5) is 36.1. The van der Waals surface area contributed by atoms with E-state index in [1.54, 1.807) is 39.0 Å². The molecule has 176 valence electrons. The lowest BCUT2D eigenvalue weighted by molar-refractivity contribution is -0.152. The molecule has 0 saturated carbocycles. The largest absolute Gasteiger partial charge is 0.507 e. The van der Waals surface area contributed by atoms with E-state index in [1.807, 2.05) is 30.3 Å². The Morgan fingerprint density at radius 1 is 0.941 bits per heavy atom. The molecule has 0 spiro atoms. The molecule has 0 radical (unpaired) electrons. The molecule has 3 aromatic carbocycles. The Bertz CT molecular complexity index is 1180. The first kappa shape index (κ1) is 24.3. The lowest BCUT2D eigenvalue weighted by atomic mass is 10.1. The van der Waals surface area contributed by atoms with Crippen LogP contribution in [0.1, 0.15) is 34.0 Å². The van der Waals surface area contributed by atoms with Crippen LogP contribution in [0.4, 0.5) is 5.69 Å². The van der Waals surface area contributed by atoms with Gasteiger partial charge in [0.15, 0.2) is 0 Å². The van der Waals surface area contributed by atoms with Gasteiger partial charge in [0, 0.05) is 12.2 Å². The summed E-state index contributed by atoms with van der Waals surface area (Å²) in [5, 5.41) is 15.5. The maximum atomic E-state index is 12.6. The van der Waals surface area contributed by atoms with Gasteiger partial charge in [0.1, 0.15) is 17.2 Å². The molecule has 0 aliphatic carbocycles. The van der Waals surface area contributed by atoms with E-state index in [2.05, 4.69) is 10.6 Å². The number of nitrogens with one attached hydrogen (secondary N) is 2. The predicted molar refractivity (Wildman–Crippen MR) is 127 cm³/mol. The Hall–Kier alpha value is -4.33. The zero-order valence-corrected chi connectivity index (χ0v) is 19.2. The van der Waals surface area contributed by atoms with Crippen molar-refractivity contribution in [3.63, 3.8) is 0 Å². The van der Waals surface area contributed by atoms with E-state index >= 15 is 0 Å². The van der Waals surface area contributed by atoms with Crippen LogP contribution in [0.2, 0.25) is 0 Å². The number of aromatic hydroxyl groups is 1. The zero-order valence-electron chi connectivity index (χ0n) is 19.2. The average molecular weight is 463 g/mol. The molecular weight excluding hydrogens is 436 g/mol. The SMILES string of the molecule is CCOC(=O)C(=O)Nc1cc(C)c(Oc2ccc(O)c(C(=O)NCc3ccccc3)c2)c(C)c1. The van der Waals surface area contributed by atoms with Crippen molar-refractivity contribution in [2.75, 3.05) is 11.9 Å². The van der Waals surface area contributed by atoms with Crippen LogP contribution >= 0.6 is 0 Å². The Balaban J connectivity index is 1.74. The number of hydrogen-bond acceptors (Lipinski definition) is 6. The summed E-state index contributed by atoms with van der Waals surface area (Å²) < 4.78 is 10.7. The van der Waals surface area contributed by atoms with Crippen LogP contribution in [0.15, 0.2) is 60.7 Å². The Morgan fingerprint density at radius 3 is 2.26 bits per heavy atom. The molecule has 34 heavy (non-hydrogen) atoms. The molecule has 3 aromatic rings. The van der Waals surface area contributed by atoms with E-state index < -0.39 is 17.8 Å². The second-order valence-electron chi connectivity index (χ2n) is 7.56. The van der Waals surface area contributed by atoms with E-state index in [9.17, 15) is 19.5 Å². The summed E-state index contributed by atoms with van der Waals surface area (Å²) in [7, 11) is 0. The fourth-order valence-corrected chi connectivity index (χ4v) is 3.31. The van der Waals surface area contributed by atoms with Gasteiger partial charge in [-0.15, -0.1) is 0 Å². The summed E-state index contributed by atoms with van der Waals surface area (Å²) >= 11 is 0. The molecule has 0 aliphatic heterocycles. The highest BCUT2D eigenvalue weighted by atomic mass is 16.5. The van der Waals surface area contributed by atoms with Crippen LogP contribution in [-0.2, 0) is 20.9 Å². The summed E-state index contributed by atoms with van der Waals surface area (Å²) in [6.45, 7) is 5.62. The molecule has 0 fully saturated rings. The molecule has 3 rings (SSSR count). The zero-order chi connectivity index (χ0) is 24.7. The first-order valence-corrected chi connectivity index (χ1v) is 10.7. The van der Waals surface area contributed by atoms with Crippen LogP contribution in [0.25, 0.3) is 0 Å². The topological polar surface area (TPSA) is 114 Å². The minimum absolute atomic E-state index is 0.0852. The number of carbonyl (C=O) groups excluding carboxylic acids is 3. The molecule has 0 aromatic heterocycles. The number of carbonyl (C=O) groups is 3. The van der Waals surface area contributed by atoms with Gasteiger partial charge in [-0.1, -0.05) is 30.3 Å². The number of rotatable bonds is 7. The van der Waals surface area contributed by atoms with Gasteiger partial charge in [-0.3, -0.25) is 9.59 Å². The molecule has 3 N–H and O–H groups in total. The van der Waals surface area contributed by atoms with Crippen LogP contribution in [0, 0.1) is 13.8 Å². The predicted octanol–water partition coefficient (Wildman–Crippen LogP) is 4.23. The molecule has 0 saturated heterocycles. The van der Waals surface area contributed by atoms with Crippen molar-refractivity contribution in [3.8, 4) is 17.2 Å². The number of phenolic OH excluding ortho intramolecular Hbond substituents is 1. The normalized spacial score (nSPS) is 10.3. The van der Waals surface area contributed by atoms with Crippen LogP contribution in [0.5, 0.6) is 17.2 Å². The van der Waals surface area contributed by atoms with Crippen molar-refractivity contribution in [2.24, 2.45) is 0 Å². The van der Waals surface area contributed by atoms with Gasteiger partial charge in [0.2, 0.25) is 0 Å². The van der Waals surface area contributed by atoms with E-state index in [1.165, 1.54) is 12.1 Å². The van der Waals surface area contributed by atoms with Crippen molar-refractivity contribution >= 4 is 23.5 Å². The van der Waals surface area contributed by atoms with Crippen LogP contribution in [-0.4, -0.2) is 29.5 Å². The summed E-state index contributed by atoms with van der Waals surface area (Å²) in [5.41, 5.74) is 2.84. The van der Waals surface area contributed by atoms with Crippen molar-refractivity contribution in [2.45, 2.75) is 27.3 Å². The first-order chi connectivity index (χ1) is 16.3. The molecule has 8 heteroatoms. The number of anilines is 1. The number of hydrogen-bond donors (Lipinski definition) is 3. The third-order valence-electron chi connectivity index (χ3n) is 4.91. The lowest BCUT2D eigenvalue weighted by Gasteiger charge is -2.15. The molecule has 0 unspecified atom stereocenters. The molecule has 8 nitrogen and oxygen atoms in total. The van der Waals surface area contributed by atoms with Gasteiger partial charge >= 0.3 is 11.9 Å². The number of aryl methyl sites for hydroxylation is 2. The molecule has 0 aliphatic rings. The summed E-state index contributed by atoms with van der Waals surface area (Å²) in [5.74, 6) is -1.53. The molecular formula is C26H26N2O6. The van der Waals surface area contributed by atoms with E-state index in [-0.39, 0.29) is 17.9 Å². The van der Waals surface area contributed by atoms with Gasteiger partial charge in [0.05, 0.1) is 12.2 Å². The number of ether oxygens (including phenoxy) is 2. The maximum Gasteiger partial charge on any atom is 0.397 e. The molecule has 0 heterocycles. The second-order valence-corrected chi connectivity index (χ2v) is 7.56. The average Bonchev–Trinajstić information content (AvgIpc) is 2.81. The van der Waals surface area contributed by atoms with E-state index in [4.69, 9.17) is 9.47 Å². The van der Waals surface area contributed by atoms with Crippen molar-refractivity contribution in [3.05, 3.63) is 82.9 Å². The van der Waals surface area contributed by atoms with Crippen LogP contribution < -0.4 is 15.4 Å². The van der Waals surface area contributed by atoms with Crippen molar-refractivity contribution < 1.29 is 29.0 Å². The molecule has 0 atom stereocenters. The standard InChI is InChI=1S/C26H26N2O6/c1-4-33-26(32)25(31)28-19-12-16(2)23(17(3)13-19)34-20-10-11-22(29)21(14-20)24(30)27-15-18-8-6-5-7-9-18/h5-14,29H,4,15H2,1-3H3,(H,27,30)(H,28,31). The number of esters is 1. The van der Waals surface area contributed by atoms with Gasteiger partial charge in [-0.05, 0) is 67.8 Å². The summed E-state index contributed by atoms with van der Waals surface area (Å²) in [6.07, 6.45) is 0. The van der Waals surface area contributed by atoms with Gasteiger partial charge in [-0.2, -0.15) is 0 Å². The molecule has 0 bridgehead atoms. The summed E-state index contributed by atoms with van der Waals surface area (Å²) in [6, 6.07) is 17.2. The highest BCUT2D eigenvalue weighted by Gasteiger charge is 2.17. The quantitative estimate of drug-likeness (QED) is 0.358. The highest BCUT2D eigenvalue weighted by molar-refractivity contribution is 6.37. The maximum absolute atomic E-state index is 12.6. The Labute approximate surface area is 197 Å². The van der Waals surface area contributed by atoms with Crippen LogP contribution in [0.3, 0.4) is 0 Å². The fourth-order valence-electron chi connectivity index (χ4n) is 3.31. The third kappa shape index (κ3) is 6.13. The monoisotopic (exact) mass is 462 g/mol. The third-order valence-corrected chi connectivity index (χ3v) is 4.91. The highest BCUT2D eigenvalue weighted by Crippen LogP contribution is 2.33. The fraction of sp³-hybridized carbons (Fsp3) is 0.192. The van der Waals surface area contributed by atoms with Crippen molar-refractivity contribution in [1.29, 1.82) is 0 Å². The number of benzene rings is 3. The van der Waals surface area contributed by atoms with Gasteiger partial charge in [0.25, 0.3) is 5.91 Å². The minimum Gasteiger partial charge on any atom is -0.507 e. The number of phenols is 1. The van der Waals surface area contributed by atoms with Gasteiger partial charge in [-0.25, -0.2) is 4.79 Å². The number of amides is 2. The van der Waals surface area contributed by atoms with Crippen molar-refractivity contribution in [1.82, 2.24) is 5.32 Å². The van der Waals surface area contributed by atoms with E-state index in [0.717, 1.165) is 5.56 Å². The second kappa shape index (κ2) is 11.0. The van der Waals surface area contributed by atoms with Gasteiger partial charge < -0.3 is 25.2 Å². The van der Waals surface area contributed by atoms with E-state index in [0.29, 0.717) is 34.9 Å². The Morgan fingerprint density at radius 2 is 1.62 bits per heavy atom.